The van der Waals surface area contributed by atoms with Crippen molar-refractivity contribution in [2.24, 2.45) is 5.41 Å². The van der Waals surface area contributed by atoms with Crippen molar-refractivity contribution < 1.29 is 4.39 Å². The van der Waals surface area contributed by atoms with E-state index < -0.39 is 0 Å². The molecule has 1 atom stereocenters. The molecule has 0 spiro atoms. The van der Waals surface area contributed by atoms with Gasteiger partial charge in [-0.05, 0) is 54.0 Å². The summed E-state index contributed by atoms with van der Waals surface area (Å²) in [4.78, 5) is 0. The quantitative estimate of drug-likeness (QED) is 0.792. The van der Waals surface area contributed by atoms with Gasteiger partial charge in [-0.3, -0.25) is 0 Å². The molecule has 1 N–H and O–H groups in total. The molecule has 0 aromatic heterocycles. The number of hydrogen-bond donors (Lipinski definition) is 1. The lowest BCUT2D eigenvalue weighted by molar-refractivity contribution is 0.265. The van der Waals surface area contributed by atoms with E-state index in [2.05, 4.69) is 43.4 Å². The normalized spacial score (nSPS) is 19.9. The lowest BCUT2D eigenvalue weighted by atomic mass is 9.70. The first kappa shape index (κ1) is 14.1. The summed E-state index contributed by atoms with van der Waals surface area (Å²) in [6, 6.07) is 14.0. The lowest BCUT2D eigenvalue weighted by Crippen LogP contribution is -2.33. The maximum Gasteiger partial charge on any atom is 0.146 e. The van der Waals surface area contributed by atoms with E-state index in [1.54, 1.807) is 6.07 Å². The molecule has 0 radical (unpaired) electrons. The fraction of sp³-hybridized carbons (Fsp3) is 0.368. The van der Waals surface area contributed by atoms with Crippen molar-refractivity contribution >= 4 is 5.69 Å². The first-order valence-electron chi connectivity index (χ1n) is 7.58. The van der Waals surface area contributed by atoms with Crippen LogP contribution in [0.2, 0.25) is 0 Å². The van der Waals surface area contributed by atoms with Crippen LogP contribution in [0.4, 0.5) is 10.1 Å². The topological polar surface area (TPSA) is 12.0 Å². The zero-order valence-electron chi connectivity index (χ0n) is 12.9. The van der Waals surface area contributed by atoms with Gasteiger partial charge in [0.05, 0.1) is 11.7 Å². The third-order valence-electron chi connectivity index (χ3n) is 4.61. The summed E-state index contributed by atoms with van der Waals surface area (Å²) in [5.74, 6) is -0.172. The number of fused-ring (bicyclic) bond motifs is 1. The van der Waals surface area contributed by atoms with Gasteiger partial charge in [-0.1, -0.05) is 44.2 Å². The minimum atomic E-state index is -0.172. The summed E-state index contributed by atoms with van der Waals surface area (Å²) >= 11 is 0. The Balaban J connectivity index is 1.99. The van der Waals surface area contributed by atoms with Gasteiger partial charge in [0.25, 0.3) is 0 Å². The van der Waals surface area contributed by atoms with Gasteiger partial charge >= 0.3 is 0 Å². The molecule has 0 heterocycles. The van der Waals surface area contributed by atoms with E-state index in [0.29, 0.717) is 5.69 Å². The van der Waals surface area contributed by atoms with Gasteiger partial charge in [-0.2, -0.15) is 0 Å². The molecular weight excluding hydrogens is 261 g/mol. The highest BCUT2D eigenvalue weighted by molar-refractivity contribution is 5.50. The van der Waals surface area contributed by atoms with E-state index in [9.17, 15) is 4.39 Å². The van der Waals surface area contributed by atoms with Gasteiger partial charge < -0.3 is 5.32 Å². The molecule has 0 saturated carbocycles. The SMILES string of the molecule is Cc1ccc(NC2c3ccccc3CCC2(C)C)c(F)c1. The molecule has 2 heteroatoms. The van der Waals surface area contributed by atoms with Gasteiger partial charge in [-0.25, -0.2) is 4.39 Å². The van der Waals surface area contributed by atoms with E-state index in [0.717, 1.165) is 18.4 Å². The van der Waals surface area contributed by atoms with Gasteiger partial charge in [0.1, 0.15) is 5.82 Å². The molecule has 0 bridgehead atoms. The first-order chi connectivity index (χ1) is 9.97. The Morgan fingerprint density at radius 1 is 1.14 bits per heavy atom. The van der Waals surface area contributed by atoms with Crippen LogP contribution in [0.1, 0.15) is 43.0 Å². The minimum Gasteiger partial charge on any atom is -0.375 e. The second kappa shape index (κ2) is 5.18. The Labute approximate surface area is 126 Å². The van der Waals surface area contributed by atoms with E-state index in [1.165, 1.54) is 11.1 Å². The van der Waals surface area contributed by atoms with Gasteiger partial charge in [0.15, 0.2) is 0 Å². The molecule has 0 saturated heterocycles. The summed E-state index contributed by atoms with van der Waals surface area (Å²) in [5.41, 5.74) is 4.32. The summed E-state index contributed by atoms with van der Waals surface area (Å²) < 4.78 is 14.2. The van der Waals surface area contributed by atoms with Crippen molar-refractivity contribution in [3.8, 4) is 0 Å². The monoisotopic (exact) mass is 283 g/mol. The molecule has 2 aromatic carbocycles. The van der Waals surface area contributed by atoms with Crippen molar-refractivity contribution in [2.75, 3.05) is 5.32 Å². The molecule has 1 aliphatic carbocycles. The van der Waals surface area contributed by atoms with Crippen LogP contribution < -0.4 is 5.32 Å². The molecule has 2 aromatic rings. The van der Waals surface area contributed by atoms with Gasteiger partial charge in [0.2, 0.25) is 0 Å². The first-order valence-corrected chi connectivity index (χ1v) is 7.58. The van der Waals surface area contributed by atoms with Crippen LogP contribution in [-0.2, 0) is 6.42 Å². The molecule has 21 heavy (non-hydrogen) atoms. The lowest BCUT2D eigenvalue weighted by Gasteiger charge is -2.41. The number of nitrogens with one attached hydrogen (secondary N) is 1. The minimum absolute atomic E-state index is 0.103. The zero-order valence-corrected chi connectivity index (χ0v) is 12.9. The van der Waals surface area contributed by atoms with Gasteiger partial charge in [0, 0.05) is 0 Å². The van der Waals surface area contributed by atoms with E-state index >= 15 is 0 Å². The second-order valence-corrected chi connectivity index (χ2v) is 6.75. The molecule has 1 unspecified atom stereocenters. The molecule has 3 rings (SSSR count). The van der Waals surface area contributed by atoms with Crippen molar-refractivity contribution in [1.82, 2.24) is 0 Å². The predicted octanol–water partition coefficient (Wildman–Crippen LogP) is 5.26. The van der Waals surface area contributed by atoms with Crippen molar-refractivity contribution in [1.29, 1.82) is 0 Å². The Kier molecular flexibility index (Phi) is 3.48. The summed E-state index contributed by atoms with van der Waals surface area (Å²) in [7, 11) is 0. The third kappa shape index (κ3) is 2.67. The molecule has 110 valence electrons. The van der Waals surface area contributed by atoms with E-state index in [4.69, 9.17) is 0 Å². The number of hydrogen-bond acceptors (Lipinski definition) is 1. The van der Waals surface area contributed by atoms with Crippen LogP contribution in [0.15, 0.2) is 42.5 Å². The molecule has 0 aliphatic heterocycles. The standard InChI is InChI=1S/C19H22FN/c1-13-8-9-17(16(20)12-13)21-18-15-7-5-4-6-14(15)10-11-19(18,2)3/h4-9,12,18,21H,10-11H2,1-3H3. The molecule has 1 aliphatic rings. The summed E-state index contributed by atoms with van der Waals surface area (Å²) in [6.45, 7) is 6.42. The second-order valence-electron chi connectivity index (χ2n) is 6.75. The fourth-order valence-electron chi connectivity index (χ4n) is 3.23. The summed E-state index contributed by atoms with van der Waals surface area (Å²) in [5, 5.41) is 3.45. The van der Waals surface area contributed by atoms with Crippen molar-refractivity contribution in [3.05, 3.63) is 65.0 Å². The van der Waals surface area contributed by atoms with E-state index in [-0.39, 0.29) is 17.3 Å². The Morgan fingerprint density at radius 3 is 2.67 bits per heavy atom. The van der Waals surface area contributed by atoms with Crippen LogP contribution in [-0.4, -0.2) is 0 Å². The van der Waals surface area contributed by atoms with Crippen LogP contribution in [0.3, 0.4) is 0 Å². The molecule has 1 nitrogen and oxygen atoms in total. The predicted molar refractivity (Wildman–Crippen MR) is 86.0 cm³/mol. The number of rotatable bonds is 2. The average Bonchev–Trinajstić information content (AvgIpc) is 2.44. The van der Waals surface area contributed by atoms with Crippen LogP contribution in [0.5, 0.6) is 0 Å². The Hall–Kier alpha value is -1.83. The Bertz CT molecular complexity index is 660. The zero-order chi connectivity index (χ0) is 15.0. The maximum absolute atomic E-state index is 14.2. The fourth-order valence-corrected chi connectivity index (χ4v) is 3.23. The van der Waals surface area contributed by atoms with Crippen LogP contribution >= 0.6 is 0 Å². The Morgan fingerprint density at radius 2 is 1.90 bits per heavy atom. The molecule has 0 fully saturated rings. The highest BCUT2D eigenvalue weighted by atomic mass is 19.1. The highest BCUT2D eigenvalue weighted by Gasteiger charge is 2.35. The maximum atomic E-state index is 14.2. The average molecular weight is 283 g/mol. The van der Waals surface area contributed by atoms with Crippen molar-refractivity contribution in [2.45, 2.75) is 39.7 Å². The largest absolute Gasteiger partial charge is 0.375 e. The van der Waals surface area contributed by atoms with Gasteiger partial charge in [-0.15, -0.1) is 0 Å². The number of aryl methyl sites for hydroxylation is 2. The van der Waals surface area contributed by atoms with Crippen molar-refractivity contribution in [3.63, 3.8) is 0 Å². The third-order valence-corrected chi connectivity index (χ3v) is 4.61. The summed E-state index contributed by atoms with van der Waals surface area (Å²) in [6.07, 6.45) is 2.20. The number of anilines is 1. The van der Waals surface area contributed by atoms with Crippen LogP contribution in [0.25, 0.3) is 0 Å². The smallest absolute Gasteiger partial charge is 0.146 e. The van der Waals surface area contributed by atoms with Crippen LogP contribution in [0, 0.1) is 18.2 Å². The molecular formula is C19H22FN. The number of halogens is 1. The van der Waals surface area contributed by atoms with E-state index in [1.807, 2.05) is 19.1 Å². The molecule has 0 amide bonds. The number of benzene rings is 2. The highest BCUT2D eigenvalue weighted by Crippen LogP contribution is 2.45.